The van der Waals surface area contributed by atoms with Crippen molar-refractivity contribution in [2.45, 2.75) is 12.2 Å². The van der Waals surface area contributed by atoms with E-state index in [1.807, 2.05) is 6.07 Å². The highest BCUT2D eigenvalue weighted by molar-refractivity contribution is 5.76. The molecule has 4 heteroatoms. The molecule has 0 unspecified atom stereocenters. The van der Waals surface area contributed by atoms with Crippen molar-refractivity contribution in [3.63, 3.8) is 0 Å². The predicted molar refractivity (Wildman–Crippen MR) is 46.4 cm³/mol. The molecular weight excluding hydrogens is 182 g/mol. The lowest BCUT2D eigenvalue weighted by molar-refractivity contribution is -0.138. The smallest absolute Gasteiger partial charge is 0.335 e. The number of nitrogens with zero attached hydrogens (tertiary/aromatic N) is 1. The lowest BCUT2D eigenvalue weighted by Crippen LogP contribution is -2.04. The van der Waals surface area contributed by atoms with Crippen LogP contribution in [0.15, 0.2) is 24.3 Å². The minimum absolute atomic E-state index is 0.347. The van der Waals surface area contributed by atoms with Gasteiger partial charge in [-0.2, -0.15) is 5.26 Å². The number of hydrogen-bond acceptors (Lipinski definition) is 3. The van der Waals surface area contributed by atoms with Crippen molar-refractivity contribution in [1.82, 2.24) is 0 Å². The molecule has 1 aliphatic heterocycles. The van der Waals surface area contributed by atoms with Gasteiger partial charge in [0.25, 0.3) is 0 Å². The van der Waals surface area contributed by atoms with Gasteiger partial charge in [-0.05, 0) is 17.7 Å². The number of carboxylic acids is 1. The highest BCUT2D eigenvalue weighted by Gasteiger charge is 2.46. The van der Waals surface area contributed by atoms with Crippen molar-refractivity contribution in [3.8, 4) is 6.07 Å². The first-order chi connectivity index (χ1) is 6.72. The normalized spacial score (nSPS) is 23.9. The molecule has 0 radical (unpaired) electrons. The van der Waals surface area contributed by atoms with E-state index < -0.39 is 12.1 Å². The zero-order chi connectivity index (χ0) is 10.1. The van der Waals surface area contributed by atoms with Crippen LogP contribution in [-0.4, -0.2) is 17.2 Å². The highest BCUT2D eigenvalue weighted by Crippen LogP contribution is 2.38. The van der Waals surface area contributed by atoms with E-state index in [0.29, 0.717) is 5.56 Å². The molecule has 1 saturated heterocycles. The predicted octanol–water partition coefficient (Wildman–Crippen LogP) is 1.08. The van der Waals surface area contributed by atoms with Crippen molar-refractivity contribution >= 4 is 5.97 Å². The van der Waals surface area contributed by atoms with Crippen LogP contribution in [0.25, 0.3) is 0 Å². The molecule has 0 spiro atoms. The number of rotatable bonds is 2. The fourth-order valence-corrected chi connectivity index (χ4v) is 1.30. The maximum Gasteiger partial charge on any atom is 0.335 e. The van der Waals surface area contributed by atoms with Crippen LogP contribution in [0.2, 0.25) is 0 Å². The fraction of sp³-hybridized carbons (Fsp3) is 0.200. The second-order valence-electron chi connectivity index (χ2n) is 3.05. The van der Waals surface area contributed by atoms with E-state index in [0.717, 1.165) is 5.56 Å². The standard InChI is InChI=1S/C10H7NO3/c11-5-6-1-3-7(4-2-6)8-9(14-8)10(12)13/h1-4,8-9H,(H,12,13)/t8-,9-/m1/s1. The summed E-state index contributed by atoms with van der Waals surface area (Å²) in [6, 6.07) is 8.72. The van der Waals surface area contributed by atoms with Crippen molar-refractivity contribution in [1.29, 1.82) is 5.26 Å². The minimum atomic E-state index is -0.945. The summed E-state index contributed by atoms with van der Waals surface area (Å²) >= 11 is 0. The Labute approximate surface area is 80.3 Å². The Hall–Kier alpha value is -1.86. The van der Waals surface area contributed by atoms with Crippen LogP contribution in [0.5, 0.6) is 0 Å². The first kappa shape index (κ1) is 8.73. The zero-order valence-corrected chi connectivity index (χ0v) is 7.18. The molecule has 70 valence electrons. The molecule has 1 N–H and O–H groups in total. The Morgan fingerprint density at radius 1 is 1.43 bits per heavy atom. The second-order valence-corrected chi connectivity index (χ2v) is 3.05. The summed E-state index contributed by atoms with van der Waals surface area (Å²) in [5.74, 6) is -0.945. The van der Waals surface area contributed by atoms with E-state index in [2.05, 4.69) is 0 Å². The van der Waals surface area contributed by atoms with Gasteiger partial charge in [-0.25, -0.2) is 4.79 Å². The van der Waals surface area contributed by atoms with Crippen LogP contribution >= 0.6 is 0 Å². The van der Waals surface area contributed by atoms with E-state index in [1.165, 1.54) is 0 Å². The molecular formula is C10H7NO3. The molecule has 0 saturated carbocycles. The monoisotopic (exact) mass is 189 g/mol. The SMILES string of the molecule is N#Cc1ccc([C@H]2O[C@H]2C(=O)O)cc1. The minimum Gasteiger partial charge on any atom is -0.479 e. The van der Waals surface area contributed by atoms with Crippen LogP contribution in [-0.2, 0) is 9.53 Å². The first-order valence-corrected chi connectivity index (χ1v) is 4.10. The zero-order valence-electron chi connectivity index (χ0n) is 7.18. The molecule has 1 heterocycles. The summed E-state index contributed by atoms with van der Waals surface area (Å²) in [6.45, 7) is 0. The van der Waals surface area contributed by atoms with Gasteiger partial charge in [-0.15, -0.1) is 0 Å². The van der Waals surface area contributed by atoms with E-state index in [4.69, 9.17) is 15.1 Å². The number of aliphatic carboxylic acids is 1. The number of epoxide rings is 1. The lowest BCUT2D eigenvalue weighted by Gasteiger charge is -1.94. The number of nitriles is 1. The second kappa shape index (κ2) is 3.13. The molecule has 4 nitrogen and oxygen atoms in total. The molecule has 1 fully saturated rings. The molecule has 1 aromatic rings. The summed E-state index contributed by atoms with van der Waals surface area (Å²) in [5, 5.41) is 17.2. The molecule has 1 aromatic carbocycles. The van der Waals surface area contributed by atoms with Gasteiger partial charge in [-0.3, -0.25) is 0 Å². The molecule has 0 aromatic heterocycles. The number of ether oxygens (including phenoxy) is 1. The van der Waals surface area contributed by atoms with E-state index in [1.54, 1.807) is 24.3 Å². The number of carbonyl (C=O) groups is 1. The Morgan fingerprint density at radius 2 is 2.07 bits per heavy atom. The molecule has 1 aliphatic rings. The van der Waals surface area contributed by atoms with Crippen molar-refractivity contribution in [2.24, 2.45) is 0 Å². The molecule has 0 amide bonds. The summed E-state index contributed by atoms with van der Waals surface area (Å²) < 4.78 is 4.96. The summed E-state index contributed by atoms with van der Waals surface area (Å²) in [6.07, 6.45) is -1.07. The largest absolute Gasteiger partial charge is 0.479 e. The topological polar surface area (TPSA) is 73.6 Å². The third-order valence-corrected chi connectivity index (χ3v) is 2.10. The van der Waals surface area contributed by atoms with E-state index in [9.17, 15) is 4.79 Å². The average molecular weight is 189 g/mol. The molecule has 0 bridgehead atoms. The molecule has 14 heavy (non-hydrogen) atoms. The summed E-state index contributed by atoms with van der Waals surface area (Å²) in [4.78, 5) is 10.5. The van der Waals surface area contributed by atoms with Gasteiger partial charge >= 0.3 is 5.97 Å². The van der Waals surface area contributed by atoms with Crippen LogP contribution < -0.4 is 0 Å². The summed E-state index contributed by atoms with van der Waals surface area (Å²) in [7, 11) is 0. The van der Waals surface area contributed by atoms with E-state index >= 15 is 0 Å². The van der Waals surface area contributed by atoms with Crippen molar-refractivity contribution in [2.75, 3.05) is 0 Å². The van der Waals surface area contributed by atoms with Crippen LogP contribution in [0.1, 0.15) is 17.2 Å². The molecule has 2 atom stereocenters. The lowest BCUT2D eigenvalue weighted by atomic mass is 10.1. The Balaban J connectivity index is 2.13. The van der Waals surface area contributed by atoms with Crippen molar-refractivity contribution < 1.29 is 14.6 Å². The van der Waals surface area contributed by atoms with E-state index in [-0.39, 0.29) is 6.10 Å². The number of benzene rings is 1. The highest BCUT2D eigenvalue weighted by atomic mass is 16.6. The van der Waals surface area contributed by atoms with Gasteiger partial charge in [0, 0.05) is 0 Å². The average Bonchev–Trinajstić information content (AvgIpc) is 2.97. The Morgan fingerprint density at radius 3 is 2.50 bits per heavy atom. The van der Waals surface area contributed by atoms with Gasteiger partial charge in [0.05, 0.1) is 11.6 Å². The Kier molecular flexibility index (Phi) is 1.95. The maximum atomic E-state index is 10.5. The van der Waals surface area contributed by atoms with Crippen molar-refractivity contribution in [3.05, 3.63) is 35.4 Å². The first-order valence-electron chi connectivity index (χ1n) is 4.10. The van der Waals surface area contributed by atoms with Crippen LogP contribution in [0.4, 0.5) is 0 Å². The molecule has 2 rings (SSSR count). The van der Waals surface area contributed by atoms with Gasteiger partial charge in [-0.1, -0.05) is 12.1 Å². The van der Waals surface area contributed by atoms with Gasteiger partial charge in [0.15, 0.2) is 6.10 Å². The third-order valence-electron chi connectivity index (χ3n) is 2.10. The third kappa shape index (κ3) is 1.45. The van der Waals surface area contributed by atoms with Gasteiger partial charge < -0.3 is 9.84 Å². The number of hydrogen-bond donors (Lipinski definition) is 1. The van der Waals surface area contributed by atoms with Gasteiger partial charge in [0.2, 0.25) is 0 Å². The summed E-state index contributed by atoms with van der Waals surface area (Å²) in [5.41, 5.74) is 1.36. The van der Waals surface area contributed by atoms with Crippen LogP contribution in [0, 0.1) is 11.3 Å². The maximum absolute atomic E-state index is 10.5. The Bertz CT molecular complexity index is 404. The quantitative estimate of drug-likeness (QED) is 0.706. The van der Waals surface area contributed by atoms with Crippen LogP contribution in [0.3, 0.4) is 0 Å². The fourth-order valence-electron chi connectivity index (χ4n) is 1.30. The molecule has 0 aliphatic carbocycles. The number of carboxylic acid groups (broad SMARTS) is 1. The van der Waals surface area contributed by atoms with Gasteiger partial charge in [0.1, 0.15) is 6.10 Å².